The van der Waals surface area contributed by atoms with Crippen LogP contribution in [0.1, 0.15) is 25.8 Å². The van der Waals surface area contributed by atoms with E-state index in [0.29, 0.717) is 39.8 Å². The van der Waals surface area contributed by atoms with Crippen LogP contribution >= 0.6 is 11.6 Å². The van der Waals surface area contributed by atoms with Crippen LogP contribution in [0.15, 0.2) is 48.8 Å². The number of halogens is 1. The van der Waals surface area contributed by atoms with Crippen LogP contribution in [-0.2, 0) is 4.79 Å². The molecule has 212 valence electrons. The first-order valence-electron chi connectivity index (χ1n) is 13.5. The molecule has 2 N–H and O–H groups in total. The van der Waals surface area contributed by atoms with E-state index < -0.39 is 5.91 Å². The van der Waals surface area contributed by atoms with Crippen LogP contribution < -0.4 is 20.3 Å². The zero-order valence-electron chi connectivity index (χ0n) is 24.0. The molecule has 41 heavy (non-hydrogen) atoms. The van der Waals surface area contributed by atoms with Crippen LogP contribution in [0.5, 0.6) is 5.75 Å². The van der Waals surface area contributed by atoms with E-state index in [4.69, 9.17) is 21.3 Å². The van der Waals surface area contributed by atoms with E-state index in [-0.39, 0.29) is 0 Å². The molecule has 0 unspecified atom stereocenters. The smallest absolute Gasteiger partial charge is 0.300 e. The van der Waals surface area contributed by atoms with Crippen molar-refractivity contribution in [3.63, 3.8) is 0 Å². The fourth-order valence-corrected chi connectivity index (χ4v) is 4.97. The number of anilines is 4. The monoisotopic (exact) mass is 571 g/mol. The maximum absolute atomic E-state index is 12.5. The number of nitrogens with one attached hydrogen (secondary N) is 2. The molecule has 1 aliphatic rings. The van der Waals surface area contributed by atoms with Crippen molar-refractivity contribution in [2.75, 3.05) is 56.9 Å². The predicted molar refractivity (Wildman–Crippen MR) is 166 cm³/mol. The van der Waals surface area contributed by atoms with Crippen molar-refractivity contribution in [3.05, 3.63) is 53.8 Å². The molecule has 4 aromatic rings. The molecule has 2 aromatic carbocycles. The molecule has 10 heteroatoms. The first kappa shape index (κ1) is 28.3. The van der Waals surface area contributed by atoms with Gasteiger partial charge in [0, 0.05) is 54.9 Å². The van der Waals surface area contributed by atoms with Crippen molar-refractivity contribution in [3.8, 4) is 28.8 Å². The van der Waals surface area contributed by atoms with E-state index in [1.165, 1.54) is 18.4 Å². The molecule has 0 radical (unpaired) electrons. The normalized spacial score (nSPS) is 12.7. The van der Waals surface area contributed by atoms with Gasteiger partial charge < -0.3 is 29.7 Å². The summed E-state index contributed by atoms with van der Waals surface area (Å²) in [5.74, 6) is 5.72. The van der Waals surface area contributed by atoms with Gasteiger partial charge in [-0.2, -0.15) is 0 Å². The summed E-state index contributed by atoms with van der Waals surface area (Å²) in [5, 5.41) is 7.76. The zero-order chi connectivity index (χ0) is 29.1. The van der Waals surface area contributed by atoms with E-state index >= 15 is 0 Å². The first-order valence-corrected chi connectivity index (χ1v) is 13.9. The number of ether oxygens (including phenoxy) is 1. The summed E-state index contributed by atoms with van der Waals surface area (Å²) < 4.78 is 8.07. The lowest BCUT2D eigenvalue weighted by Crippen LogP contribution is -2.29. The number of para-hydroxylation sites is 1. The number of likely N-dealkylation sites (N-methyl/N-ethyl adjacent to an activating group) is 2. The fraction of sp³-hybridized carbons (Fsp3) is 0.323. The Kier molecular flexibility index (Phi) is 8.34. The Hall–Kier alpha value is -4.26. The van der Waals surface area contributed by atoms with E-state index in [0.717, 1.165) is 29.7 Å². The average Bonchev–Trinajstić information content (AvgIpc) is 3.73. The standard InChI is InChI=1S/C31H34ClN7O2/c1-6-9-29(40)34-24-16-25(28(41-5)17-27(24)38(4)15-14-37(2)3)35-31-33-18-23(32)30(36-31)22-19-39(20-12-13-20)26-11-8-7-10-21(22)26/h7-8,10-11,16-20H,12-15H2,1-5H3,(H,34,40)(H,33,35,36). The van der Waals surface area contributed by atoms with E-state index in [2.05, 4.69) is 66.2 Å². The molecule has 2 aromatic heterocycles. The molecule has 1 amide bonds. The number of carbonyl (C=O) groups is 1. The number of amides is 1. The number of hydrogen-bond donors (Lipinski definition) is 2. The maximum Gasteiger partial charge on any atom is 0.300 e. The summed E-state index contributed by atoms with van der Waals surface area (Å²) in [4.78, 5) is 25.9. The van der Waals surface area contributed by atoms with Gasteiger partial charge in [0.2, 0.25) is 5.95 Å². The lowest BCUT2D eigenvalue weighted by atomic mass is 10.1. The van der Waals surface area contributed by atoms with Crippen LogP contribution in [0.4, 0.5) is 23.0 Å². The third-order valence-corrected chi connectivity index (χ3v) is 7.30. The Labute approximate surface area is 245 Å². The quantitative estimate of drug-likeness (QED) is 0.233. The van der Waals surface area contributed by atoms with Gasteiger partial charge in [0.05, 0.1) is 41.1 Å². The molecule has 1 saturated carbocycles. The molecular formula is C31H34ClN7O2. The van der Waals surface area contributed by atoms with Crippen molar-refractivity contribution in [2.24, 2.45) is 0 Å². The summed E-state index contributed by atoms with van der Waals surface area (Å²) >= 11 is 6.66. The second-order valence-electron chi connectivity index (χ2n) is 10.3. The summed E-state index contributed by atoms with van der Waals surface area (Å²) in [6, 6.07) is 12.5. The molecule has 5 rings (SSSR count). The Morgan fingerprint density at radius 2 is 1.95 bits per heavy atom. The van der Waals surface area contributed by atoms with E-state index in [1.807, 2.05) is 39.3 Å². The molecule has 2 heterocycles. The van der Waals surface area contributed by atoms with Crippen LogP contribution in [0, 0.1) is 11.8 Å². The number of fused-ring (bicyclic) bond motifs is 1. The molecule has 1 aliphatic carbocycles. The van der Waals surface area contributed by atoms with Gasteiger partial charge in [-0.15, -0.1) is 0 Å². The largest absolute Gasteiger partial charge is 0.494 e. The highest BCUT2D eigenvalue weighted by molar-refractivity contribution is 6.33. The third-order valence-electron chi connectivity index (χ3n) is 7.02. The Balaban J connectivity index is 1.53. The highest BCUT2D eigenvalue weighted by atomic mass is 35.5. The van der Waals surface area contributed by atoms with Crippen molar-refractivity contribution >= 4 is 51.4 Å². The zero-order valence-corrected chi connectivity index (χ0v) is 24.7. The first-order chi connectivity index (χ1) is 19.8. The number of benzene rings is 2. The Morgan fingerprint density at radius 3 is 2.66 bits per heavy atom. The topological polar surface area (TPSA) is 87.5 Å². The molecule has 0 spiro atoms. The van der Waals surface area contributed by atoms with Gasteiger partial charge in [-0.1, -0.05) is 35.7 Å². The third kappa shape index (κ3) is 6.24. The summed E-state index contributed by atoms with van der Waals surface area (Å²) in [6.45, 7) is 3.20. The number of nitrogens with zero attached hydrogens (tertiary/aromatic N) is 5. The van der Waals surface area contributed by atoms with Crippen LogP contribution in [0.2, 0.25) is 5.02 Å². The number of aromatic nitrogens is 3. The predicted octanol–water partition coefficient (Wildman–Crippen LogP) is 5.80. The van der Waals surface area contributed by atoms with Crippen molar-refractivity contribution < 1.29 is 9.53 Å². The molecule has 0 aliphatic heterocycles. The molecular weight excluding hydrogens is 538 g/mol. The van der Waals surface area contributed by atoms with Gasteiger partial charge in [0.25, 0.3) is 5.91 Å². The van der Waals surface area contributed by atoms with Crippen LogP contribution in [0.3, 0.4) is 0 Å². The highest BCUT2D eigenvalue weighted by Gasteiger charge is 2.27. The molecule has 9 nitrogen and oxygen atoms in total. The lowest BCUT2D eigenvalue weighted by molar-refractivity contribution is -0.111. The Morgan fingerprint density at radius 1 is 1.17 bits per heavy atom. The summed E-state index contributed by atoms with van der Waals surface area (Å²) in [7, 11) is 7.61. The van der Waals surface area contributed by atoms with Gasteiger partial charge >= 0.3 is 0 Å². The lowest BCUT2D eigenvalue weighted by Gasteiger charge is -2.25. The van der Waals surface area contributed by atoms with Crippen LogP contribution in [-0.4, -0.2) is 66.7 Å². The summed E-state index contributed by atoms with van der Waals surface area (Å²) in [5.41, 5.74) is 4.74. The molecule has 0 atom stereocenters. The van der Waals surface area contributed by atoms with Gasteiger partial charge in [-0.25, -0.2) is 9.97 Å². The number of carbonyl (C=O) groups excluding carboxylic acids is 1. The SMILES string of the molecule is CC#CC(=O)Nc1cc(Nc2ncc(Cl)c(-c3cn(C4CC4)c4ccccc34)n2)c(OC)cc1N(C)CCN(C)C. The van der Waals surface area contributed by atoms with Gasteiger partial charge in [0.15, 0.2) is 0 Å². The van der Waals surface area contributed by atoms with Gasteiger partial charge in [-0.3, -0.25) is 4.79 Å². The highest BCUT2D eigenvalue weighted by Crippen LogP contribution is 2.43. The van der Waals surface area contributed by atoms with Gasteiger partial charge in [-0.05, 0) is 51.9 Å². The second-order valence-corrected chi connectivity index (χ2v) is 10.7. The maximum atomic E-state index is 12.5. The Bertz CT molecular complexity index is 1650. The number of hydrogen-bond acceptors (Lipinski definition) is 7. The van der Waals surface area contributed by atoms with Crippen molar-refractivity contribution in [1.82, 2.24) is 19.4 Å². The minimum atomic E-state index is -0.400. The fourth-order valence-electron chi connectivity index (χ4n) is 4.77. The molecule has 0 saturated heterocycles. The van der Waals surface area contributed by atoms with Crippen LogP contribution in [0.25, 0.3) is 22.2 Å². The van der Waals surface area contributed by atoms with E-state index in [1.54, 1.807) is 20.2 Å². The average molecular weight is 572 g/mol. The molecule has 0 bridgehead atoms. The number of rotatable bonds is 10. The minimum absolute atomic E-state index is 0.352. The number of methoxy groups -OCH3 is 1. The van der Waals surface area contributed by atoms with E-state index in [9.17, 15) is 4.79 Å². The second kappa shape index (κ2) is 12.1. The van der Waals surface area contributed by atoms with Gasteiger partial charge in [0.1, 0.15) is 5.75 Å². The summed E-state index contributed by atoms with van der Waals surface area (Å²) in [6.07, 6.45) is 6.09. The molecule has 1 fully saturated rings. The minimum Gasteiger partial charge on any atom is -0.494 e. The van der Waals surface area contributed by atoms with Crippen molar-refractivity contribution in [2.45, 2.75) is 25.8 Å². The van der Waals surface area contributed by atoms with Crippen molar-refractivity contribution in [1.29, 1.82) is 0 Å².